The van der Waals surface area contributed by atoms with Crippen molar-refractivity contribution in [3.63, 3.8) is 0 Å². The smallest absolute Gasteiger partial charge is 0.314 e. The molecule has 2 atom stereocenters. The van der Waals surface area contributed by atoms with Gasteiger partial charge in [0.15, 0.2) is 0 Å². The first-order valence-corrected chi connectivity index (χ1v) is 4.15. The van der Waals surface area contributed by atoms with Gasteiger partial charge in [0.25, 0.3) is 0 Å². The molecule has 0 N–H and O–H groups in total. The Morgan fingerprint density at radius 1 is 1.55 bits per heavy atom. The molecule has 0 saturated carbocycles. The van der Waals surface area contributed by atoms with Crippen molar-refractivity contribution in [3.05, 3.63) is 0 Å². The highest BCUT2D eigenvalue weighted by Crippen LogP contribution is 2.29. The highest BCUT2D eigenvalue weighted by atomic mass is 79.9. The van der Waals surface area contributed by atoms with Crippen LogP contribution in [0.25, 0.3) is 0 Å². The Balaban J connectivity index is 3.90. The molecule has 0 radical (unpaired) electrons. The van der Waals surface area contributed by atoms with Crippen LogP contribution < -0.4 is 0 Å². The van der Waals surface area contributed by atoms with Gasteiger partial charge in [0.1, 0.15) is 0 Å². The third kappa shape index (κ3) is 3.96. The molecule has 0 aromatic heterocycles. The van der Waals surface area contributed by atoms with Gasteiger partial charge >= 0.3 is 6.11 Å². The van der Waals surface area contributed by atoms with E-state index >= 15 is 0 Å². The van der Waals surface area contributed by atoms with Gasteiger partial charge in [-0.05, 0) is 29.3 Å². The van der Waals surface area contributed by atoms with Gasteiger partial charge in [0, 0.05) is 0 Å². The fourth-order valence-electron chi connectivity index (χ4n) is 0.403. The Morgan fingerprint density at radius 2 is 2.00 bits per heavy atom. The fourth-order valence-corrected chi connectivity index (χ4v) is 0.511. The van der Waals surface area contributed by atoms with E-state index in [2.05, 4.69) is 20.7 Å². The third-order valence-electron chi connectivity index (χ3n) is 1.19. The Bertz CT molecular complexity index is 118. The zero-order valence-electron chi connectivity index (χ0n) is 6.28. The molecule has 0 aromatic carbocycles. The lowest BCUT2D eigenvalue weighted by Crippen LogP contribution is -2.32. The molecule has 0 bridgehead atoms. The molecule has 0 rings (SSSR count). The van der Waals surface area contributed by atoms with E-state index in [1.54, 1.807) is 6.92 Å². The largest absolute Gasteiger partial charge is 0.397 e. The lowest BCUT2D eigenvalue weighted by Gasteiger charge is -2.20. The molecule has 2 unspecified atom stereocenters. The maximum Gasteiger partial charge on any atom is 0.397 e. The van der Waals surface area contributed by atoms with Crippen LogP contribution in [-0.2, 0) is 4.74 Å². The molecule has 68 valence electrons. The van der Waals surface area contributed by atoms with Gasteiger partial charge < -0.3 is 4.74 Å². The van der Waals surface area contributed by atoms with E-state index < -0.39 is 17.3 Å². The van der Waals surface area contributed by atoms with Crippen molar-refractivity contribution in [3.8, 4) is 0 Å². The topological polar surface area (TPSA) is 9.23 Å². The van der Waals surface area contributed by atoms with Crippen LogP contribution in [0, 0.1) is 0 Å². The Hall–Kier alpha value is 0.230. The third-order valence-corrected chi connectivity index (χ3v) is 1.72. The van der Waals surface area contributed by atoms with E-state index in [0.717, 1.165) is 0 Å². The average molecular weight is 235 g/mol. The first-order valence-electron chi connectivity index (χ1n) is 3.24. The van der Waals surface area contributed by atoms with Crippen LogP contribution in [-0.4, -0.2) is 17.3 Å². The maximum atomic E-state index is 12.3. The summed E-state index contributed by atoms with van der Waals surface area (Å²) in [6.45, 7) is 3.14. The minimum atomic E-state index is -3.73. The van der Waals surface area contributed by atoms with Gasteiger partial charge in [0.2, 0.25) is 5.08 Å². The zero-order valence-corrected chi connectivity index (χ0v) is 7.87. The predicted octanol–water partition coefficient (Wildman–Crippen LogP) is 3.08. The van der Waals surface area contributed by atoms with Crippen LogP contribution in [0.5, 0.6) is 0 Å². The van der Waals surface area contributed by atoms with Crippen molar-refractivity contribution in [2.45, 2.75) is 37.6 Å². The highest BCUT2D eigenvalue weighted by Gasteiger charge is 2.41. The van der Waals surface area contributed by atoms with Gasteiger partial charge in [-0.2, -0.15) is 8.78 Å². The second-order valence-electron chi connectivity index (χ2n) is 2.20. The van der Waals surface area contributed by atoms with Crippen molar-refractivity contribution >= 4 is 15.9 Å². The van der Waals surface area contributed by atoms with Crippen LogP contribution in [0.3, 0.4) is 0 Å². The van der Waals surface area contributed by atoms with E-state index in [0.29, 0.717) is 6.42 Å². The zero-order chi connectivity index (χ0) is 9.07. The fraction of sp³-hybridized carbons (Fsp3) is 1.00. The van der Waals surface area contributed by atoms with E-state index in [1.807, 2.05) is 0 Å². The van der Waals surface area contributed by atoms with Gasteiger partial charge in [-0.25, -0.2) is 4.39 Å². The lowest BCUT2D eigenvalue weighted by molar-refractivity contribution is -0.273. The maximum absolute atomic E-state index is 12.3. The summed E-state index contributed by atoms with van der Waals surface area (Å²) in [6, 6.07) is 0. The van der Waals surface area contributed by atoms with Crippen molar-refractivity contribution in [1.29, 1.82) is 0 Å². The average Bonchev–Trinajstić information content (AvgIpc) is 1.86. The predicted molar refractivity (Wildman–Crippen MR) is 39.6 cm³/mol. The number of rotatable bonds is 4. The highest BCUT2D eigenvalue weighted by molar-refractivity contribution is 9.09. The molecule has 0 aliphatic carbocycles. The quantitative estimate of drug-likeness (QED) is 0.680. The van der Waals surface area contributed by atoms with Gasteiger partial charge in [0.05, 0.1) is 6.10 Å². The van der Waals surface area contributed by atoms with E-state index in [-0.39, 0.29) is 0 Å². The Morgan fingerprint density at radius 3 is 2.27 bits per heavy atom. The van der Waals surface area contributed by atoms with E-state index in [1.165, 1.54) is 6.92 Å². The molecular weight excluding hydrogens is 225 g/mol. The number of hydrogen-bond acceptors (Lipinski definition) is 1. The van der Waals surface area contributed by atoms with Crippen LogP contribution in [0.2, 0.25) is 0 Å². The molecule has 0 amide bonds. The number of hydrogen-bond donors (Lipinski definition) is 0. The van der Waals surface area contributed by atoms with Gasteiger partial charge in [-0.1, -0.05) is 6.92 Å². The normalized spacial score (nSPS) is 18.0. The Kier molecular flexibility index (Phi) is 4.39. The summed E-state index contributed by atoms with van der Waals surface area (Å²) >= 11 is 2.11. The van der Waals surface area contributed by atoms with Crippen LogP contribution in [0.15, 0.2) is 0 Å². The number of alkyl halides is 4. The molecular formula is C6H10BrF3O. The van der Waals surface area contributed by atoms with Crippen molar-refractivity contribution in [1.82, 2.24) is 0 Å². The number of ether oxygens (including phenoxy) is 1. The molecule has 0 aliphatic heterocycles. The van der Waals surface area contributed by atoms with Crippen LogP contribution >= 0.6 is 15.9 Å². The summed E-state index contributed by atoms with van der Waals surface area (Å²) < 4.78 is 40.8. The van der Waals surface area contributed by atoms with Gasteiger partial charge in [-0.15, -0.1) is 0 Å². The van der Waals surface area contributed by atoms with Crippen LogP contribution in [0.4, 0.5) is 13.2 Å². The molecule has 0 aliphatic rings. The standard InChI is InChI=1S/C6H10BrF3O/c1-3-4(2)11-6(9,10)5(7)8/h4-5H,3H2,1-2H3. The number of halogens is 4. The van der Waals surface area contributed by atoms with E-state index in [4.69, 9.17) is 0 Å². The lowest BCUT2D eigenvalue weighted by atomic mass is 10.3. The SMILES string of the molecule is CCC(C)OC(F)(F)C(F)Br. The molecule has 11 heavy (non-hydrogen) atoms. The summed E-state index contributed by atoms with van der Waals surface area (Å²) in [4.78, 5) is 0. The van der Waals surface area contributed by atoms with Crippen molar-refractivity contribution in [2.75, 3.05) is 0 Å². The van der Waals surface area contributed by atoms with Crippen molar-refractivity contribution in [2.24, 2.45) is 0 Å². The van der Waals surface area contributed by atoms with Crippen LogP contribution in [0.1, 0.15) is 20.3 Å². The minimum Gasteiger partial charge on any atom is -0.314 e. The molecule has 0 saturated heterocycles. The van der Waals surface area contributed by atoms with E-state index in [9.17, 15) is 13.2 Å². The summed E-state index contributed by atoms with van der Waals surface area (Å²) in [6.07, 6.45) is -3.94. The molecule has 0 spiro atoms. The second kappa shape index (κ2) is 4.30. The Labute approximate surface area is 72.0 Å². The summed E-state index contributed by atoms with van der Waals surface area (Å²) in [5.74, 6) is 0. The monoisotopic (exact) mass is 234 g/mol. The van der Waals surface area contributed by atoms with Gasteiger partial charge in [-0.3, -0.25) is 0 Å². The molecule has 0 heterocycles. The summed E-state index contributed by atoms with van der Waals surface area (Å²) in [5, 5.41) is -2.44. The molecule has 0 fully saturated rings. The minimum absolute atomic E-state index is 0.426. The van der Waals surface area contributed by atoms with Crippen molar-refractivity contribution < 1.29 is 17.9 Å². The molecule has 1 nitrogen and oxygen atoms in total. The summed E-state index contributed by atoms with van der Waals surface area (Å²) in [7, 11) is 0. The first kappa shape index (κ1) is 11.2. The second-order valence-corrected chi connectivity index (χ2v) is 3.00. The molecule has 0 aromatic rings. The summed E-state index contributed by atoms with van der Waals surface area (Å²) in [5.41, 5.74) is 0. The molecule has 5 heteroatoms. The first-order chi connectivity index (χ1) is 4.90.